The van der Waals surface area contributed by atoms with Crippen LogP contribution in [-0.2, 0) is 0 Å². The summed E-state index contributed by atoms with van der Waals surface area (Å²) in [5.41, 5.74) is 5.00. The summed E-state index contributed by atoms with van der Waals surface area (Å²) < 4.78 is 5.32. The van der Waals surface area contributed by atoms with Gasteiger partial charge < -0.3 is 9.84 Å². The largest absolute Gasteiger partial charge is 0.336 e. The molecule has 136 valence electrons. The first-order chi connectivity index (χ1) is 13.0. The van der Waals surface area contributed by atoms with Gasteiger partial charge in [-0.25, -0.2) is 4.98 Å². The predicted octanol–water partition coefficient (Wildman–Crippen LogP) is 4.76. The molecule has 1 amide bonds. The Kier molecular flexibility index (Phi) is 4.11. The van der Waals surface area contributed by atoms with Crippen molar-refractivity contribution in [2.45, 2.75) is 33.6 Å². The highest BCUT2D eigenvalue weighted by atomic mass is 16.5. The second-order valence-electron chi connectivity index (χ2n) is 6.98. The molecule has 0 fully saturated rings. The van der Waals surface area contributed by atoms with Gasteiger partial charge in [0.05, 0.1) is 27.8 Å². The van der Waals surface area contributed by atoms with Crippen molar-refractivity contribution < 1.29 is 9.32 Å². The van der Waals surface area contributed by atoms with Crippen molar-refractivity contribution in [2.24, 2.45) is 0 Å². The molecule has 0 atom stereocenters. The number of rotatable bonds is 3. The number of fused-ring (bicyclic) bond motifs is 2. The number of carbonyl (C=O) groups is 1. The molecule has 0 unspecified atom stereocenters. The van der Waals surface area contributed by atoms with Gasteiger partial charge in [0.2, 0.25) is 0 Å². The molecular weight excluding hydrogens is 340 g/mol. The first kappa shape index (κ1) is 17.1. The van der Waals surface area contributed by atoms with E-state index in [0.717, 1.165) is 27.8 Å². The molecule has 1 N–H and O–H groups in total. The van der Waals surface area contributed by atoms with Gasteiger partial charge in [-0.05, 0) is 49.6 Å². The van der Waals surface area contributed by atoms with E-state index in [-0.39, 0.29) is 11.8 Å². The molecule has 4 aromatic rings. The Bertz CT molecular complexity index is 1180. The number of hydrogen-bond acceptors (Lipinski definition) is 5. The summed E-state index contributed by atoms with van der Waals surface area (Å²) in [6, 6.07) is 9.50. The van der Waals surface area contributed by atoms with Gasteiger partial charge in [0.25, 0.3) is 11.6 Å². The molecule has 0 aliphatic carbocycles. The van der Waals surface area contributed by atoms with E-state index in [4.69, 9.17) is 4.52 Å². The molecule has 27 heavy (non-hydrogen) atoms. The molecule has 0 saturated heterocycles. The van der Waals surface area contributed by atoms with Crippen LogP contribution in [0.25, 0.3) is 22.0 Å². The van der Waals surface area contributed by atoms with E-state index >= 15 is 0 Å². The monoisotopic (exact) mass is 360 g/mol. The van der Waals surface area contributed by atoms with Gasteiger partial charge in [-0.3, -0.25) is 9.78 Å². The van der Waals surface area contributed by atoms with Crippen LogP contribution in [0.4, 0.5) is 5.69 Å². The fourth-order valence-corrected chi connectivity index (χ4v) is 3.20. The summed E-state index contributed by atoms with van der Waals surface area (Å²) in [5.74, 6) is -0.0552. The van der Waals surface area contributed by atoms with E-state index in [9.17, 15) is 4.79 Å². The average molecular weight is 360 g/mol. The number of carbonyl (C=O) groups excluding carboxylic acids is 1. The topological polar surface area (TPSA) is 80.9 Å². The van der Waals surface area contributed by atoms with Gasteiger partial charge >= 0.3 is 0 Å². The zero-order valence-corrected chi connectivity index (χ0v) is 15.7. The molecule has 3 aromatic heterocycles. The summed E-state index contributed by atoms with van der Waals surface area (Å²) >= 11 is 0. The maximum Gasteiger partial charge on any atom is 0.259 e. The molecule has 0 radical (unpaired) electrons. The Balaban J connectivity index is 1.83. The van der Waals surface area contributed by atoms with Crippen molar-refractivity contribution in [1.29, 1.82) is 0 Å². The van der Waals surface area contributed by atoms with Crippen molar-refractivity contribution in [1.82, 2.24) is 15.1 Å². The molecular formula is C21H20N4O2. The SMILES string of the molecule is Cc1ccc(NC(=O)c2cc(C(C)C)nc3onc(C)c23)c2cccnc12. The highest BCUT2D eigenvalue weighted by molar-refractivity contribution is 6.14. The van der Waals surface area contributed by atoms with Crippen LogP contribution in [0.3, 0.4) is 0 Å². The lowest BCUT2D eigenvalue weighted by Gasteiger charge is -2.12. The molecule has 0 aliphatic heterocycles. The maximum atomic E-state index is 13.2. The van der Waals surface area contributed by atoms with Gasteiger partial charge in [0.1, 0.15) is 0 Å². The second kappa shape index (κ2) is 6.46. The molecule has 4 rings (SSSR count). The quantitative estimate of drug-likeness (QED) is 0.569. The minimum Gasteiger partial charge on any atom is -0.336 e. The highest BCUT2D eigenvalue weighted by Gasteiger charge is 2.20. The van der Waals surface area contributed by atoms with Gasteiger partial charge in [0, 0.05) is 17.3 Å². The molecule has 0 aliphatic rings. The van der Waals surface area contributed by atoms with Crippen molar-refractivity contribution in [3.05, 3.63) is 59.0 Å². The van der Waals surface area contributed by atoms with Crippen molar-refractivity contribution in [2.75, 3.05) is 5.32 Å². The van der Waals surface area contributed by atoms with Crippen LogP contribution in [0.15, 0.2) is 41.1 Å². The third-order valence-corrected chi connectivity index (χ3v) is 4.69. The normalized spacial score (nSPS) is 11.4. The van der Waals surface area contributed by atoms with E-state index in [1.807, 2.05) is 58.0 Å². The summed E-state index contributed by atoms with van der Waals surface area (Å²) in [4.78, 5) is 22.1. The van der Waals surface area contributed by atoms with Crippen LogP contribution >= 0.6 is 0 Å². The molecule has 6 nitrogen and oxygen atoms in total. The van der Waals surface area contributed by atoms with Gasteiger partial charge in [-0.2, -0.15) is 0 Å². The van der Waals surface area contributed by atoms with Crippen LogP contribution in [0.1, 0.15) is 47.1 Å². The second-order valence-corrected chi connectivity index (χ2v) is 6.98. The van der Waals surface area contributed by atoms with E-state index in [1.54, 1.807) is 6.20 Å². The van der Waals surface area contributed by atoms with Crippen molar-refractivity contribution in [3.8, 4) is 0 Å². The average Bonchev–Trinajstić information content (AvgIpc) is 3.04. The summed E-state index contributed by atoms with van der Waals surface area (Å²) in [7, 11) is 0. The summed E-state index contributed by atoms with van der Waals surface area (Å²) in [6.45, 7) is 7.86. The standard InChI is InChI=1S/C21H20N4O2/c1-11(2)17-10-15(18-13(4)25-27-21(18)24-17)20(26)23-16-8-7-12(3)19-14(16)6-5-9-22-19/h5-11H,1-4H3,(H,23,26). The Morgan fingerprint density at radius 2 is 2.00 bits per heavy atom. The smallest absolute Gasteiger partial charge is 0.259 e. The lowest BCUT2D eigenvalue weighted by molar-refractivity contribution is 0.102. The van der Waals surface area contributed by atoms with Crippen LogP contribution < -0.4 is 5.32 Å². The number of amides is 1. The Morgan fingerprint density at radius 1 is 1.19 bits per heavy atom. The zero-order valence-electron chi connectivity index (χ0n) is 15.7. The number of pyridine rings is 2. The Morgan fingerprint density at radius 3 is 2.78 bits per heavy atom. The number of hydrogen-bond donors (Lipinski definition) is 1. The van der Waals surface area contributed by atoms with Crippen LogP contribution in [0, 0.1) is 13.8 Å². The number of aryl methyl sites for hydroxylation is 2. The minimum absolute atomic E-state index is 0.163. The van der Waals surface area contributed by atoms with Gasteiger partial charge in [-0.15, -0.1) is 0 Å². The van der Waals surface area contributed by atoms with E-state index in [2.05, 4.69) is 20.4 Å². The third kappa shape index (κ3) is 2.93. The summed E-state index contributed by atoms with van der Waals surface area (Å²) in [6.07, 6.45) is 1.75. The van der Waals surface area contributed by atoms with Crippen LogP contribution in [0.2, 0.25) is 0 Å². The molecule has 0 bridgehead atoms. The number of nitrogens with zero attached hydrogens (tertiary/aromatic N) is 3. The number of anilines is 1. The van der Waals surface area contributed by atoms with E-state index in [1.165, 1.54) is 0 Å². The number of aromatic nitrogens is 3. The molecule has 1 aromatic carbocycles. The first-order valence-electron chi connectivity index (χ1n) is 8.88. The molecule has 0 spiro atoms. The summed E-state index contributed by atoms with van der Waals surface area (Å²) in [5, 5.41) is 8.56. The van der Waals surface area contributed by atoms with Gasteiger partial charge in [-0.1, -0.05) is 25.1 Å². The van der Waals surface area contributed by atoms with E-state index < -0.39 is 0 Å². The van der Waals surface area contributed by atoms with E-state index in [0.29, 0.717) is 22.4 Å². The van der Waals surface area contributed by atoms with Crippen molar-refractivity contribution >= 4 is 33.6 Å². The van der Waals surface area contributed by atoms with Crippen LogP contribution in [-0.4, -0.2) is 21.0 Å². The number of benzene rings is 1. The Labute approximate surface area is 156 Å². The molecule has 0 saturated carbocycles. The zero-order chi connectivity index (χ0) is 19.1. The third-order valence-electron chi connectivity index (χ3n) is 4.69. The lowest BCUT2D eigenvalue weighted by atomic mass is 10.0. The molecule has 6 heteroatoms. The minimum atomic E-state index is -0.218. The lowest BCUT2D eigenvalue weighted by Crippen LogP contribution is -2.14. The number of nitrogens with one attached hydrogen (secondary N) is 1. The van der Waals surface area contributed by atoms with Crippen LogP contribution in [0.5, 0.6) is 0 Å². The predicted molar refractivity (Wildman–Crippen MR) is 105 cm³/mol. The van der Waals surface area contributed by atoms with Gasteiger partial charge in [0.15, 0.2) is 0 Å². The fourth-order valence-electron chi connectivity index (χ4n) is 3.20. The fraction of sp³-hybridized carbons (Fsp3) is 0.238. The highest BCUT2D eigenvalue weighted by Crippen LogP contribution is 2.28. The first-order valence-corrected chi connectivity index (χ1v) is 8.88. The Hall–Kier alpha value is -3.28. The van der Waals surface area contributed by atoms with Crippen molar-refractivity contribution in [3.63, 3.8) is 0 Å². The maximum absolute atomic E-state index is 13.2. The molecule has 3 heterocycles.